The first-order valence-electron chi connectivity index (χ1n) is 8.18. The van der Waals surface area contributed by atoms with Gasteiger partial charge in [0.05, 0.1) is 0 Å². The summed E-state index contributed by atoms with van der Waals surface area (Å²) >= 11 is 0. The molecule has 3 rings (SSSR count). The van der Waals surface area contributed by atoms with Crippen LogP contribution in [0.3, 0.4) is 0 Å². The van der Waals surface area contributed by atoms with Crippen molar-refractivity contribution < 1.29 is 9.53 Å². The Morgan fingerprint density at radius 3 is 2.96 bits per heavy atom. The zero-order chi connectivity index (χ0) is 16.8. The summed E-state index contributed by atoms with van der Waals surface area (Å²) in [5, 5.41) is 3.18. The molecule has 0 aromatic carbocycles. The molecule has 0 bridgehead atoms. The van der Waals surface area contributed by atoms with Crippen LogP contribution in [-0.4, -0.2) is 47.5 Å². The van der Waals surface area contributed by atoms with Crippen LogP contribution in [0.1, 0.15) is 22.5 Å². The Hall–Kier alpha value is -2.47. The number of nitrogens with one attached hydrogen (secondary N) is 1. The minimum Gasteiger partial charge on any atom is -0.486 e. The number of carbonyl (C=O) groups is 1. The molecule has 1 aliphatic heterocycles. The van der Waals surface area contributed by atoms with Crippen molar-refractivity contribution in [3.63, 3.8) is 0 Å². The van der Waals surface area contributed by atoms with Crippen LogP contribution in [0.2, 0.25) is 0 Å². The van der Waals surface area contributed by atoms with Crippen LogP contribution in [0.5, 0.6) is 5.75 Å². The number of amides is 1. The van der Waals surface area contributed by atoms with E-state index in [9.17, 15) is 4.79 Å². The molecule has 0 radical (unpaired) electrons. The summed E-state index contributed by atoms with van der Waals surface area (Å²) in [5.74, 6) is 0.971. The maximum Gasteiger partial charge on any atom is 0.276 e. The molecule has 126 valence electrons. The monoisotopic (exact) mass is 326 g/mol. The van der Waals surface area contributed by atoms with E-state index in [0.717, 1.165) is 31.6 Å². The summed E-state index contributed by atoms with van der Waals surface area (Å²) in [6.07, 6.45) is 6.10. The number of ether oxygens (including phenoxy) is 1. The first-order valence-corrected chi connectivity index (χ1v) is 8.18. The van der Waals surface area contributed by atoms with Crippen molar-refractivity contribution in [1.82, 2.24) is 20.2 Å². The Morgan fingerprint density at radius 2 is 2.17 bits per heavy atom. The Kier molecular flexibility index (Phi) is 5.38. The summed E-state index contributed by atoms with van der Waals surface area (Å²) in [4.78, 5) is 22.9. The van der Waals surface area contributed by atoms with Gasteiger partial charge in [0.15, 0.2) is 11.4 Å². The van der Waals surface area contributed by atoms with Gasteiger partial charge in [0.25, 0.3) is 5.91 Å². The Balaban J connectivity index is 1.68. The smallest absolute Gasteiger partial charge is 0.276 e. The van der Waals surface area contributed by atoms with E-state index in [1.165, 1.54) is 0 Å². The van der Waals surface area contributed by atoms with Crippen molar-refractivity contribution in [2.75, 3.05) is 26.7 Å². The molecule has 1 aliphatic rings. The largest absolute Gasteiger partial charge is 0.486 e. The second-order valence-corrected chi connectivity index (χ2v) is 5.96. The van der Waals surface area contributed by atoms with Crippen molar-refractivity contribution in [1.29, 1.82) is 0 Å². The zero-order valence-electron chi connectivity index (χ0n) is 13.8. The highest BCUT2D eigenvalue weighted by Crippen LogP contribution is 2.23. The van der Waals surface area contributed by atoms with E-state index in [1.807, 2.05) is 24.1 Å². The van der Waals surface area contributed by atoms with Crippen molar-refractivity contribution >= 4 is 5.91 Å². The van der Waals surface area contributed by atoms with Crippen molar-refractivity contribution in [2.45, 2.75) is 13.0 Å². The van der Waals surface area contributed by atoms with Crippen molar-refractivity contribution in [2.24, 2.45) is 5.92 Å². The third-order valence-electron chi connectivity index (χ3n) is 4.18. The molecular formula is C18H22N4O2. The highest BCUT2D eigenvalue weighted by atomic mass is 16.5. The summed E-state index contributed by atoms with van der Waals surface area (Å²) in [5.41, 5.74) is 1.39. The molecule has 1 saturated heterocycles. The summed E-state index contributed by atoms with van der Waals surface area (Å²) in [6, 6.07) is 7.36. The average molecular weight is 326 g/mol. The number of carbonyl (C=O) groups excluding carboxylic acids is 1. The SMILES string of the molecule is CNCC1CCN(C(=O)c2ncccc2OCc2ccncc2)C1. The molecule has 2 aromatic rings. The van der Waals surface area contributed by atoms with Crippen LogP contribution in [0.15, 0.2) is 42.9 Å². The molecule has 24 heavy (non-hydrogen) atoms. The maximum absolute atomic E-state index is 12.8. The molecule has 1 unspecified atom stereocenters. The third-order valence-corrected chi connectivity index (χ3v) is 4.18. The van der Waals surface area contributed by atoms with Gasteiger partial charge < -0.3 is 15.0 Å². The van der Waals surface area contributed by atoms with Gasteiger partial charge in [-0.25, -0.2) is 4.98 Å². The molecule has 6 heteroatoms. The first-order chi connectivity index (χ1) is 11.8. The molecule has 0 aliphatic carbocycles. The summed E-state index contributed by atoms with van der Waals surface area (Å²) in [6.45, 7) is 2.85. The predicted molar refractivity (Wildman–Crippen MR) is 90.7 cm³/mol. The summed E-state index contributed by atoms with van der Waals surface area (Å²) < 4.78 is 5.83. The van der Waals surface area contributed by atoms with E-state index in [1.54, 1.807) is 30.7 Å². The molecule has 6 nitrogen and oxygen atoms in total. The number of pyridine rings is 2. The minimum atomic E-state index is -0.0565. The number of hydrogen-bond acceptors (Lipinski definition) is 5. The van der Waals surface area contributed by atoms with Crippen LogP contribution in [0, 0.1) is 5.92 Å². The number of hydrogen-bond donors (Lipinski definition) is 1. The van der Waals surface area contributed by atoms with Crippen LogP contribution < -0.4 is 10.1 Å². The summed E-state index contributed by atoms with van der Waals surface area (Å²) in [7, 11) is 1.94. The fourth-order valence-electron chi connectivity index (χ4n) is 2.93. The number of rotatable bonds is 6. The maximum atomic E-state index is 12.8. The molecule has 2 aromatic heterocycles. The lowest BCUT2D eigenvalue weighted by molar-refractivity contribution is 0.0776. The molecule has 0 spiro atoms. The molecule has 1 amide bonds. The van der Waals surface area contributed by atoms with Gasteiger partial charge in [-0.15, -0.1) is 0 Å². The number of likely N-dealkylation sites (tertiary alicyclic amines) is 1. The normalized spacial score (nSPS) is 17.0. The Labute approximate surface area is 141 Å². The Bertz CT molecular complexity index is 678. The molecular weight excluding hydrogens is 304 g/mol. The average Bonchev–Trinajstić information content (AvgIpc) is 3.09. The second kappa shape index (κ2) is 7.88. The van der Waals surface area contributed by atoms with Gasteiger partial charge in [-0.1, -0.05) is 0 Å². The lowest BCUT2D eigenvalue weighted by Gasteiger charge is -2.18. The van der Waals surface area contributed by atoms with Crippen LogP contribution in [0.25, 0.3) is 0 Å². The van der Waals surface area contributed by atoms with E-state index < -0.39 is 0 Å². The highest BCUT2D eigenvalue weighted by molar-refractivity contribution is 5.95. The van der Waals surface area contributed by atoms with Gasteiger partial charge in [-0.05, 0) is 55.8 Å². The van der Waals surface area contributed by atoms with Gasteiger partial charge in [0, 0.05) is 31.7 Å². The topological polar surface area (TPSA) is 67.4 Å². The zero-order valence-corrected chi connectivity index (χ0v) is 13.8. The van der Waals surface area contributed by atoms with Gasteiger partial charge in [-0.2, -0.15) is 0 Å². The van der Waals surface area contributed by atoms with Crippen LogP contribution in [-0.2, 0) is 6.61 Å². The van der Waals surface area contributed by atoms with Crippen LogP contribution >= 0.6 is 0 Å². The molecule has 0 saturated carbocycles. The van der Waals surface area contributed by atoms with Gasteiger partial charge in [0.1, 0.15) is 6.61 Å². The van der Waals surface area contributed by atoms with E-state index in [-0.39, 0.29) is 5.91 Å². The molecule has 1 fully saturated rings. The first kappa shape index (κ1) is 16.4. The van der Waals surface area contributed by atoms with Crippen molar-refractivity contribution in [3.8, 4) is 5.75 Å². The van der Waals surface area contributed by atoms with E-state index >= 15 is 0 Å². The van der Waals surface area contributed by atoms with E-state index in [4.69, 9.17) is 4.74 Å². The minimum absolute atomic E-state index is 0.0565. The third kappa shape index (κ3) is 3.89. The quantitative estimate of drug-likeness (QED) is 0.876. The lowest BCUT2D eigenvalue weighted by atomic mass is 10.1. The second-order valence-electron chi connectivity index (χ2n) is 5.96. The van der Waals surface area contributed by atoms with Gasteiger partial charge >= 0.3 is 0 Å². The van der Waals surface area contributed by atoms with Gasteiger partial charge in [0.2, 0.25) is 0 Å². The van der Waals surface area contributed by atoms with Gasteiger partial charge in [-0.3, -0.25) is 9.78 Å². The lowest BCUT2D eigenvalue weighted by Crippen LogP contribution is -2.31. The van der Waals surface area contributed by atoms with E-state index in [2.05, 4.69) is 15.3 Å². The van der Waals surface area contributed by atoms with Crippen LogP contribution in [0.4, 0.5) is 0 Å². The fourth-order valence-corrected chi connectivity index (χ4v) is 2.93. The number of aromatic nitrogens is 2. The number of nitrogens with zero attached hydrogens (tertiary/aromatic N) is 3. The molecule has 1 atom stereocenters. The van der Waals surface area contributed by atoms with E-state index in [0.29, 0.717) is 24.0 Å². The Morgan fingerprint density at radius 1 is 1.33 bits per heavy atom. The predicted octanol–water partition coefficient (Wildman–Crippen LogP) is 1.74. The fraction of sp³-hybridized carbons (Fsp3) is 0.389. The van der Waals surface area contributed by atoms with Crippen molar-refractivity contribution in [3.05, 3.63) is 54.1 Å². The molecule has 3 heterocycles. The highest BCUT2D eigenvalue weighted by Gasteiger charge is 2.28. The standard InChI is InChI=1S/C18H22N4O2/c1-19-11-15-6-10-22(12-15)18(23)17-16(3-2-7-21-17)24-13-14-4-8-20-9-5-14/h2-5,7-9,15,19H,6,10-13H2,1H3. The molecule has 1 N–H and O–H groups in total.